The summed E-state index contributed by atoms with van der Waals surface area (Å²) in [7, 11) is -2.88. The Morgan fingerprint density at radius 1 is 1.67 bits per heavy atom. The third-order valence-electron chi connectivity index (χ3n) is 1.03. The molecule has 0 fully saturated rings. The van der Waals surface area contributed by atoms with Crippen LogP contribution in [0.2, 0.25) is 0 Å². The fraction of sp³-hybridized carbons (Fsp3) is 1.00. The van der Waals surface area contributed by atoms with Gasteiger partial charge in [0.1, 0.15) is 0 Å². The first-order valence-corrected chi connectivity index (χ1v) is 4.54. The number of hydrogen-bond acceptors (Lipinski definition) is 6. The van der Waals surface area contributed by atoms with Crippen molar-refractivity contribution in [3.63, 3.8) is 0 Å². The van der Waals surface area contributed by atoms with E-state index < -0.39 is 19.7 Å². The Balaban J connectivity index is 3.51. The minimum atomic E-state index is -2.88. The van der Waals surface area contributed by atoms with Gasteiger partial charge in [0, 0.05) is 6.54 Å². The maximum Gasteiger partial charge on any atom is 0.342 e. The molecular weight excluding hydrogens is 185 g/mol. The summed E-state index contributed by atoms with van der Waals surface area (Å²) in [5, 5.41) is 28.5. The normalized spacial score (nSPS) is 15.9. The van der Waals surface area contributed by atoms with E-state index in [2.05, 4.69) is 5.32 Å². The second kappa shape index (κ2) is 4.81. The molecule has 0 aliphatic carbocycles. The van der Waals surface area contributed by atoms with Gasteiger partial charge in [0.25, 0.3) is 5.85 Å². The van der Waals surface area contributed by atoms with Gasteiger partial charge >= 0.3 is 8.03 Å². The van der Waals surface area contributed by atoms with Crippen LogP contribution in [0, 0.1) is 0 Å². The van der Waals surface area contributed by atoms with Crippen molar-refractivity contribution in [2.75, 3.05) is 13.1 Å². The zero-order chi connectivity index (χ0) is 9.78. The largest absolute Gasteiger partial charge is 0.593 e. The van der Waals surface area contributed by atoms with Crippen molar-refractivity contribution in [3.8, 4) is 0 Å². The van der Waals surface area contributed by atoms with Crippen molar-refractivity contribution >= 4 is 8.03 Å². The van der Waals surface area contributed by atoms with E-state index in [0.717, 1.165) is 6.92 Å². The molecule has 0 aromatic carbocycles. The summed E-state index contributed by atoms with van der Waals surface area (Å²) in [6.45, 7) is 0.728. The lowest BCUT2D eigenvalue weighted by Crippen LogP contribution is -2.40. The van der Waals surface area contributed by atoms with Crippen LogP contribution in [-0.2, 0) is 4.57 Å². The van der Waals surface area contributed by atoms with Gasteiger partial charge in [-0.15, -0.1) is 0 Å². The summed E-state index contributed by atoms with van der Waals surface area (Å²) in [5.74, 6) is -3.38. The van der Waals surface area contributed by atoms with E-state index in [1.165, 1.54) is 0 Å². The predicted octanol–water partition coefficient (Wildman–Crippen LogP) is -2.30. The molecule has 0 spiro atoms. The highest BCUT2D eigenvalue weighted by Gasteiger charge is 2.19. The second-order valence-electron chi connectivity index (χ2n) is 2.61. The molecule has 0 radical (unpaired) electrons. The fourth-order valence-electron chi connectivity index (χ4n) is 0.513. The van der Waals surface area contributed by atoms with Gasteiger partial charge in [-0.25, -0.2) is 0 Å². The third-order valence-corrected chi connectivity index (χ3v) is 1.70. The van der Waals surface area contributed by atoms with Crippen LogP contribution in [0.3, 0.4) is 0 Å². The molecule has 0 bridgehead atoms. The van der Waals surface area contributed by atoms with Gasteiger partial charge in [0.15, 0.2) is 5.79 Å². The Labute approximate surface area is 70.7 Å². The molecule has 0 saturated carbocycles. The first-order valence-electron chi connectivity index (χ1n) is 3.30. The van der Waals surface area contributed by atoms with E-state index in [0.29, 0.717) is 0 Å². The molecule has 0 aromatic heterocycles. The Kier molecular flexibility index (Phi) is 4.77. The maximum absolute atomic E-state index is 10.1. The SMILES string of the molecule is CC(O)(O)CNCC(O)[P+](=O)[O-]. The highest BCUT2D eigenvalue weighted by molar-refractivity contribution is 7.37. The molecule has 12 heavy (non-hydrogen) atoms. The van der Waals surface area contributed by atoms with Crippen molar-refractivity contribution in [2.24, 2.45) is 0 Å². The molecule has 0 aromatic rings. The van der Waals surface area contributed by atoms with E-state index >= 15 is 0 Å². The molecule has 4 N–H and O–H groups in total. The molecule has 0 rings (SSSR count). The first kappa shape index (κ1) is 11.9. The number of rotatable bonds is 5. The van der Waals surface area contributed by atoms with Crippen LogP contribution in [0.1, 0.15) is 6.92 Å². The number of hydrogen-bond donors (Lipinski definition) is 4. The van der Waals surface area contributed by atoms with Crippen molar-refractivity contribution in [3.05, 3.63) is 0 Å². The summed E-state index contributed by atoms with van der Waals surface area (Å²) in [5.41, 5.74) is 0. The zero-order valence-corrected chi connectivity index (χ0v) is 7.49. The van der Waals surface area contributed by atoms with Gasteiger partial charge in [-0.1, -0.05) is 4.57 Å². The lowest BCUT2D eigenvalue weighted by Gasteiger charge is -2.16. The highest BCUT2D eigenvalue weighted by atomic mass is 31.1. The molecule has 0 heterocycles. The Bertz CT molecular complexity index is 156. The van der Waals surface area contributed by atoms with Crippen LogP contribution in [-0.4, -0.2) is 40.0 Å². The summed E-state index contributed by atoms with van der Waals surface area (Å²) in [6.07, 6.45) is 0. The van der Waals surface area contributed by atoms with Crippen LogP contribution in [0.5, 0.6) is 0 Å². The average molecular weight is 197 g/mol. The summed E-state index contributed by atoms with van der Waals surface area (Å²) in [4.78, 5) is 10.1. The lowest BCUT2D eigenvalue weighted by molar-refractivity contribution is -0.172. The van der Waals surface area contributed by atoms with Gasteiger partial charge in [-0.2, -0.15) is 0 Å². The Morgan fingerprint density at radius 2 is 2.17 bits per heavy atom. The van der Waals surface area contributed by atoms with Crippen LogP contribution in [0.15, 0.2) is 0 Å². The van der Waals surface area contributed by atoms with Crippen molar-refractivity contribution in [2.45, 2.75) is 18.6 Å². The third kappa shape index (κ3) is 6.60. The van der Waals surface area contributed by atoms with Crippen molar-refractivity contribution < 1.29 is 24.8 Å². The van der Waals surface area contributed by atoms with Crippen LogP contribution >= 0.6 is 8.03 Å². The lowest BCUT2D eigenvalue weighted by atomic mass is 10.3. The predicted molar refractivity (Wildman–Crippen MR) is 39.3 cm³/mol. The first-order chi connectivity index (χ1) is 5.33. The Hall–Kier alpha value is -0.100. The van der Waals surface area contributed by atoms with E-state index in [1.807, 2.05) is 0 Å². The summed E-state index contributed by atoms with van der Waals surface area (Å²) < 4.78 is 10.1. The van der Waals surface area contributed by atoms with Crippen molar-refractivity contribution in [1.82, 2.24) is 5.32 Å². The van der Waals surface area contributed by atoms with E-state index in [4.69, 9.17) is 15.3 Å². The van der Waals surface area contributed by atoms with Crippen LogP contribution < -0.4 is 10.2 Å². The number of nitrogens with one attached hydrogen (secondary N) is 1. The van der Waals surface area contributed by atoms with Gasteiger partial charge < -0.3 is 25.5 Å². The van der Waals surface area contributed by atoms with E-state index in [9.17, 15) is 9.46 Å². The molecule has 0 amide bonds. The quantitative estimate of drug-likeness (QED) is 0.291. The van der Waals surface area contributed by atoms with Gasteiger partial charge in [0.05, 0.1) is 6.54 Å². The summed E-state index contributed by atoms with van der Waals surface area (Å²) in [6, 6.07) is 0. The van der Waals surface area contributed by atoms with Crippen LogP contribution in [0.4, 0.5) is 0 Å². The molecule has 6 nitrogen and oxygen atoms in total. The van der Waals surface area contributed by atoms with E-state index in [1.54, 1.807) is 0 Å². The molecule has 0 aliphatic rings. The monoisotopic (exact) mass is 197 g/mol. The molecule has 7 heteroatoms. The van der Waals surface area contributed by atoms with Gasteiger partial charge in [0.2, 0.25) is 0 Å². The van der Waals surface area contributed by atoms with Gasteiger partial charge in [-0.05, 0) is 6.92 Å². The molecule has 0 saturated heterocycles. The van der Waals surface area contributed by atoms with Crippen molar-refractivity contribution in [1.29, 1.82) is 0 Å². The molecule has 72 valence electrons. The molecule has 2 unspecified atom stereocenters. The molecule has 2 atom stereocenters. The average Bonchev–Trinajstić information content (AvgIpc) is 1.84. The maximum atomic E-state index is 10.1. The molecular formula is C5H12NO5P. The Morgan fingerprint density at radius 3 is 2.50 bits per heavy atom. The smallest absolute Gasteiger partial charge is 0.342 e. The van der Waals surface area contributed by atoms with E-state index in [-0.39, 0.29) is 13.1 Å². The minimum absolute atomic E-state index is 0.201. The number of aliphatic hydroxyl groups excluding tert-OH is 1. The summed E-state index contributed by atoms with van der Waals surface area (Å²) >= 11 is 0. The standard InChI is InChI=1S/C5H12NO5P/c1-5(8,9)3-6-2-4(7)12(10)11/h4,6-9H,2-3H2,1H3. The number of aliphatic hydroxyl groups is 3. The molecule has 0 aliphatic heterocycles. The fourth-order valence-corrected chi connectivity index (χ4v) is 0.791. The van der Waals surface area contributed by atoms with Crippen LogP contribution in [0.25, 0.3) is 0 Å². The zero-order valence-electron chi connectivity index (χ0n) is 6.60. The minimum Gasteiger partial charge on any atom is -0.593 e. The topological polar surface area (TPSA) is 113 Å². The second-order valence-corrected chi connectivity index (χ2v) is 3.78. The highest BCUT2D eigenvalue weighted by Crippen LogP contribution is 2.12. The van der Waals surface area contributed by atoms with Gasteiger partial charge in [-0.3, -0.25) is 0 Å².